The van der Waals surface area contributed by atoms with Gasteiger partial charge in [0.1, 0.15) is 48.3 Å². The summed E-state index contributed by atoms with van der Waals surface area (Å²) in [7, 11) is -10.1. The number of aromatic nitrogens is 6. The normalized spacial score (nSPS) is 28.0. The minimum Gasteiger partial charge on any atom is -0.457 e. The molecule has 3 aromatic rings. The molecule has 0 bridgehead atoms. The molecule has 0 amide bonds. The fraction of sp³-hybridized carbons (Fsp3) is 0.545. The summed E-state index contributed by atoms with van der Waals surface area (Å²) in [5.41, 5.74) is 10.9. The van der Waals surface area contributed by atoms with Crippen molar-refractivity contribution in [3.05, 3.63) is 35.4 Å². The molecular formula is C22H30N8O14P2. The van der Waals surface area contributed by atoms with Gasteiger partial charge in [-0.25, -0.2) is 28.9 Å². The maximum absolute atomic E-state index is 13.1. The summed E-state index contributed by atoms with van der Waals surface area (Å²) in [4.78, 5) is 69.0. The third-order valence-corrected chi connectivity index (χ3v) is 8.44. The highest BCUT2D eigenvalue weighted by Gasteiger charge is 2.49. The number of phosphoric ester groups is 2. The van der Waals surface area contributed by atoms with Crippen LogP contribution < -0.4 is 17.2 Å². The summed E-state index contributed by atoms with van der Waals surface area (Å²) in [5, 5.41) is 11.1. The van der Waals surface area contributed by atoms with Crippen LogP contribution in [0.25, 0.3) is 11.2 Å². The molecule has 8 N–H and O–H groups in total. The number of nitrogen functional groups attached to an aromatic ring is 2. The minimum atomic E-state index is -5.06. The van der Waals surface area contributed by atoms with E-state index in [-0.39, 0.29) is 35.6 Å². The molecule has 0 aliphatic carbocycles. The number of phosphoric acid groups is 2. The van der Waals surface area contributed by atoms with Gasteiger partial charge in [-0.15, -0.1) is 0 Å². The van der Waals surface area contributed by atoms with E-state index in [1.54, 1.807) is 0 Å². The summed E-state index contributed by atoms with van der Waals surface area (Å²) in [6, 6.07) is 1.29. The lowest BCUT2D eigenvalue weighted by molar-refractivity contribution is -0.156. The van der Waals surface area contributed by atoms with Crippen molar-refractivity contribution in [2.75, 3.05) is 24.7 Å². The number of nitrogens with two attached hydrogens (primary N) is 2. The maximum Gasteiger partial charge on any atom is 0.472 e. The van der Waals surface area contributed by atoms with E-state index in [2.05, 4.69) is 24.5 Å². The Morgan fingerprint density at radius 2 is 1.83 bits per heavy atom. The van der Waals surface area contributed by atoms with Crippen LogP contribution >= 0.6 is 15.6 Å². The number of carbonyl (C=O) groups is 1. The molecule has 0 saturated carbocycles. The van der Waals surface area contributed by atoms with E-state index < -0.39 is 83.5 Å². The van der Waals surface area contributed by atoms with E-state index in [9.17, 15) is 28.7 Å². The minimum absolute atomic E-state index is 0.0589. The van der Waals surface area contributed by atoms with Crippen molar-refractivity contribution in [3.63, 3.8) is 0 Å². The van der Waals surface area contributed by atoms with Gasteiger partial charge in [0.2, 0.25) is 0 Å². The average Bonchev–Trinajstić information content (AvgIpc) is 3.66. The first-order valence-electron chi connectivity index (χ1n) is 13.5. The Kier molecular flexibility index (Phi) is 9.87. The number of nitrogens with zero attached hydrogens (tertiary/aromatic N) is 6. The lowest BCUT2D eigenvalue weighted by atomic mass is 10.1. The van der Waals surface area contributed by atoms with Gasteiger partial charge in [-0.2, -0.15) is 4.98 Å². The van der Waals surface area contributed by atoms with E-state index in [0.29, 0.717) is 0 Å². The van der Waals surface area contributed by atoms with E-state index >= 15 is 0 Å². The van der Waals surface area contributed by atoms with Crippen LogP contribution in [-0.4, -0.2) is 98.6 Å². The Morgan fingerprint density at radius 1 is 1.09 bits per heavy atom. The summed E-state index contributed by atoms with van der Waals surface area (Å²) in [6.45, 7) is -0.0383. The van der Waals surface area contributed by atoms with Crippen molar-refractivity contribution < 1.29 is 61.5 Å². The summed E-state index contributed by atoms with van der Waals surface area (Å²) < 4.78 is 58.5. The molecule has 5 rings (SSSR count). The number of rotatable bonds is 12. The van der Waals surface area contributed by atoms with Gasteiger partial charge in [0, 0.05) is 19.0 Å². The molecule has 252 valence electrons. The fourth-order valence-corrected chi connectivity index (χ4v) is 6.14. The van der Waals surface area contributed by atoms with E-state index in [1.165, 1.54) is 36.4 Å². The summed E-state index contributed by atoms with van der Waals surface area (Å²) >= 11 is 0. The lowest BCUT2D eigenvalue weighted by Gasteiger charge is -2.23. The van der Waals surface area contributed by atoms with Crippen LogP contribution in [0.1, 0.15) is 32.2 Å². The first kappa shape index (κ1) is 33.9. The highest BCUT2D eigenvalue weighted by Crippen LogP contribution is 2.50. The third kappa shape index (κ3) is 7.59. The monoisotopic (exact) mass is 692 g/mol. The second-order valence-corrected chi connectivity index (χ2v) is 12.7. The predicted octanol–water partition coefficient (Wildman–Crippen LogP) is -1.27. The van der Waals surface area contributed by atoms with E-state index in [1.807, 2.05) is 0 Å². The number of hydrogen-bond acceptors (Lipinski definition) is 17. The number of esters is 1. The molecule has 3 aromatic heterocycles. The number of ether oxygens (including phenoxy) is 3. The number of carbonyl (C=O) groups excluding carboxylic acids is 1. The second-order valence-electron chi connectivity index (χ2n) is 10.0. The molecule has 2 aliphatic heterocycles. The van der Waals surface area contributed by atoms with E-state index in [0.717, 1.165) is 4.57 Å². The van der Waals surface area contributed by atoms with Crippen molar-refractivity contribution in [2.24, 2.45) is 0 Å². The molecule has 0 spiro atoms. The standard InChI is InChI=1S/C22H30N8O14P2/c1-2-15(31)43-18-12(42-21(17(18)32)30-9-27-16-19(24)25-8-26-20(16)30)7-40-46(37,38)44-10-5-14(29-4-3-13(23)28-22(29)33)41-11(10)6-39-45(34,35)36/h3-4,8-12,14,17-18,21,32H,2,5-7H2,1H3,(H,37,38)(H2,23,28,33)(H2,24,25,26)(H2,34,35,36)/t10-,11+,12+,14+,17+,18+,21+/m0/s1. The molecule has 24 heteroatoms. The topological polar surface area (TPSA) is 318 Å². The fourth-order valence-electron chi connectivity index (χ4n) is 4.84. The number of hydrogen-bond donors (Lipinski definition) is 6. The second kappa shape index (κ2) is 13.4. The number of imidazole rings is 1. The van der Waals surface area contributed by atoms with Gasteiger partial charge in [0.25, 0.3) is 0 Å². The molecule has 0 aromatic carbocycles. The van der Waals surface area contributed by atoms with Crippen LogP contribution in [0.4, 0.5) is 11.6 Å². The van der Waals surface area contributed by atoms with Crippen LogP contribution in [0.2, 0.25) is 0 Å². The number of anilines is 2. The van der Waals surface area contributed by atoms with Crippen molar-refractivity contribution >= 4 is 44.4 Å². The smallest absolute Gasteiger partial charge is 0.457 e. The van der Waals surface area contributed by atoms with Crippen LogP contribution in [0.3, 0.4) is 0 Å². The van der Waals surface area contributed by atoms with Crippen LogP contribution in [0.15, 0.2) is 29.7 Å². The Labute approximate surface area is 258 Å². The van der Waals surface area contributed by atoms with Crippen LogP contribution in [0.5, 0.6) is 0 Å². The van der Waals surface area contributed by atoms with Crippen LogP contribution in [-0.2, 0) is 41.7 Å². The van der Waals surface area contributed by atoms with E-state index in [4.69, 9.17) is 44.5 Å². The van der Waals surface area contributed by atoms with Gasteiger partial charge in [0.05, 0.1) is 19.5 Å². The quantitative estimate of drug-likeness (QED) is 0.0951. The third-order valence-electron chi connectivity index (χ3n) is 6.95. The first-order chi connectivity index (χ1) is 21.7. The number of aliphatic hydroxyl groups is 1. The Hall–Kier alpha value is -3.40. The van der Waals surface area contributed by atoms with Gasteiger partial charge in [-0.3, -0.25) is 27.5 Å². The Morgan fingerprint density at radius 3 is 2.52 bits per heavy atom. The van der Waals surface area contributed by atoms with Gasteiger partial charge in [-0.05, 0) is 6.07 Å². The van der Waals surface area contributed by atoms with Gasteiger partial charge >= 0.3 is 27.3 Å². The first-order valence-corrected chi connectivity index (χ1v) is 16.5. The molecule has 2 aliphatic rings. The van der Waals surface area contributed by atoms with Crippen molar-refractivity contribution in [1.29, 1.82) is 0 Å². The molecule has 0 radical (unpaired) electrons. The number of aliphatic hydroxyl groups excluding tert-OH is 1. The zero-order valence-electron chi connectivity index (χ0n) is 23.8. The summed E-state index contributed by atoms with van der Waals surface area (Å²) in [5.74, 6) is -0.730. The molecule has 46 heavy (non-hydrogen) atoms. The molecule has 8 atom stereocenters. The predicted molar refractivity (Wildman–Crippen MR) is 150 cm³/mol. The molecule has 2 saturated heterocycles. The molecule has 22 nitrogen and oxygen atoms in total. The molecule has 5 heterocycles. The largest absolute Gasteiger partial charge is 0.472 e. The average molecular weight is 692 g/mol. The molecular weight excluding hydrogens is 662 g/mol. The van der Waals surface area contributed by atoms with Gasteiger partial charge < -0.3 is 45.5 Å². The van der Waals surface area contributed by atoms with Crippen molar-refractivity contribution in [1.82, 2.24) is 29.1 Å². The highest BCUT2D eigenvalue weighted by atomic mass is 31.2. The van der Waals surface area contributed by atoms with Crippen LogP contribution in [0, 0.1) is 0 Å². The zero-order valence-corrected chi connectivity index (χ0v) is 25.6. The number of fused-ring (bicyclic) bond motifs is 1. The maximum atomic E-state index is 13.1. The highest BCUT2D eigenvalue weighted by molar-refractivity contribution is 7.47. The molecule has 2 fully saturated rings. The Balaban J connectivity index is 1.32. The van der Waals surface area contributed by atoms with Crippen molar-refractivity contribution in [2.45, 2.75) is 62.7 Å². The lowest BCUT2D eigenvalue weighted by Crippen LogP contribution is -2.38. The van der Waals surface area contributed by atoms with Gasteiger partial charge in [-0.1, -0.05) is 6.92 Å². The summed E-state index contributed by atoms with van der Waals surface area (Å²) in [6.07, 6.45) is -6.10. The van der Waals surface area contributed by atoms with Gasteiger partial charge in [0.15, 0.2) is 23.8 Å². The SMILES string of the molecule is CCC(=O)O[C@H]1[C@@H](O)[C@H](n2cnc3c(N)ncnc32)O[C@@H]1COP(=O)(O)O[C@H]1C[C@H](n2ccc(N)nc2=O)O[C@@H]1COP(=O)(O)O. The zero-order chi connectivity index (χ0) is 33.4. The Bertz CT molecular complexity index is 1730. The molecule has 1 unspecified atom stereocenters. The van der Waals surface area contributed by atoms with Crippen molar-refractivity contribution in [3.8, 4) is 0 Å².